The first-order chi connectivity index (χ1) is 9.41. The fourth-order valence-electron chi connectivity index (χ4n) is 2.09. The summed E-state index contributed by atoms with van der Waals surface area (Å²) in [5, 5.41) is 0. The van der Waals surface area contributed by atoms with Gasteiger partial charge in [0.1, 0.15) is 0 Å². The maximum absolute atomic E-state index is 2.48. The van der Waals surface area contributed by atoms with Crippen LogP contribution in [0.4, 0.5) is 0 Å². The van der Waals surface area contributed by atoms with Gasteiger partial charge in [0.2, 0.25) is 0 Å². The summed E-state index contributed by atoms with van der Waals surface area (Å²) in [5.41, 5.74) is 0. The van der Waals surface area contributed by atoms with Crippen LogP contribution in [-0.2, 0) is 0 Å². The molecular formula is C18H33I. The van der Waals surface area contributed by atoms with Crippen molar-refractivity contribution in [3.05, 3.63) is 24.3 Å². The molecule has 0 aliphatic carbocycles. The molecule has 0 unspecified atom stereocenters. The predicted molar refractivity (Wildman–Crippen MR) is 98.2 cm³/mol. The molecule has 19 heavy (non-hydrogen) atoms. The normalized spacial score (nSPS) is 11.9. The molecule has 0 radical (unpaired) electrons. The molecule has 0 aliphatic heterocycles. The summed E-state index contributed by atoms with van der Waals surface area (Å²) in [6.07, 6.45) is 25.6. The van der Waals surface area contributed by atoms with Crippen LogP contribution in [0.2, 0.25) is 0 Å². The summed E-state index contributed by atoms with van der Waals surface area (Å²) in [4.78, 5) is 0. The van der Waals surface area contributed by atoms with Gasteiger partial charge in [-0.2, -0.15) is 0 Å². The van der Waals surface area contributed by atoms with E-state index >= 15 is 0 Å². The molecule has 1 heteroatoms. The molecule has 0 spiro atoms. The van der Waals surface area contributed by atoms with E-state index < -0.39 is 0 Å². The largest absolute Gasteiger partial charge is 0.0864 e. The van der Waals surface area contributed by atoms with Gasteiger partial charge in [0.25, 0.3) is 0 Å². The van der Waals surface area contributed by atoms with Crippen molar-refractivity contribution in [2.45, 2.75) is 84.0 Å². The van der Waals surface area contributed by atoms with Gasteiger partial charge in [0.15, 0.2) is 0 Å². The third kappa shape index (κ3) is 18.2. The Morgan fingerprint density at radius 2 is 1.11 bits per heavy atom. The lowest BCUT2D eigenvalue weighted by Gasteiger charge is -2.00. The first-order valence-electron chi connectivity index (χ1n) is 8.29. The fourth-order valence-corrected chi connectivity index (χ4v) is 2.63. The molecule has 0 amide bonds. The highest BCUT2D eigenvalue weighted by Gasteiger charge is 1.91. The van der Waals surface area contributed by atoms with Gasteiger partial charge in [-0.3, -0.25) is 0 Å². The quantitative estimate of drug-likeness (QED) is 0.130. The van der Waals surface area contributed by atoms with Crippen molar-refractivity contribution >= 4 is 22.6 Å². The molecule has 0 saturated carbocycles. The minimum absolute atomic E-state index is 1.23. The van der Waals surface area contributed by atoms with E-state index in [0.717, 1.165) is 0 Å². The summed E-state index contributed by atoms with van der Waals surface area (Å²) in [5.74, 6) is 0. The highest BCUT2D eigenvalue weighted by Crippen LogP contribution is 2.10. The highest BCUT2D eigenvalue weighted by molar-refractivity contribution is 14.1. The molecule has 0 saturated heterocycles. The van der Waals surface area contributed by atoms with Gasteiger partial charge >= 0.3 is 0 Å². The van der Waals surface area contributed by atoms with Crippen LogP contribution in [0.15, 0.2) is 24.3 Å². The van der Waals surface area contributed by atoms with Crippen LogP contribution in [0, 0.1) is 0 Å². The third-order valence-corrected chi connectivity index (χ3v) is 4.12. The van der Waals surface area contributed by atoms with Crippen molar-refractivity contribution in [1.29, 1.82) is 0 Å². The second-order valence-corrected chi connectivity index (χ2v) is 6.38. The first-order valence-corrected chi connectivity index (χ1v) is 9.82. The molecule has 0 aromatic carbocycles. The lowest BCUT2D eigenvalue weighted by Crippen LogP contribution is -1.81. The highest BCUT2D eigenvalue weighted by atomic mass is 127. The summed E-state index contributed by atoms with van der Waals surface area (Å²) in [6, 6.07) is 0. The zero-order valence-corrected chi connectivity index (χ0v) is 15.0. The lowest BCUT2D eigenvalue weighted by molar-refractivity contribution is 0.579. The van der Waals surface area contributed by atoms with Crippen molar-refractivity contribution in [3.8, 4) is 0 Å². The number of allylic oxidation sites excluding steroid dienone is 4. The Morgan fingerprint density at radius 1 is 0.632 bits per heavy atom. The van der Waals surface area contributed by atoms with E-state index in [2.05, 4.69) is 53.8 Å². The number of rotatable bonds is 14. The minimum atomic E-state index is 1.23. The van der Waals surface area contributed by atoms with E-state index in [9.17, 15) is 0 Å². The van der Waals surface area contributed by atoms with Gasteiger partial charge in [0, 0.05) is 0 Å². The van der Waals surface area contributed by atoms with Crippen LogP contribution >= 0.6 is 22.6 Å². The summed E-state index contributed by atoms with van der Waals surface area (Å²) >= 11 is 2.48. The standard InChI is InChI=1S/C18H33I/c1-2-3-4-5-6-7-8-9-10-11-12-13-14-15-16-17-18-19/h5-8H,2-4,9-18H2,1H3. The van der Waals surface area contributed by atoms with Crippen molar-refractivity contribution in [2.24, 2.45) is 0 Å². The Labute approximate surface area is 135 Å². The van der Waals surface area contributed by atoms with Gasteiger partial charge in [-0.1, -0.05) is 105 Å². The monoisotopic (exact) mass is 376 g/mol. The van der Waals surface area contributed by atoms with E-state index in [4.69, 9.17) is 0 Å². The van der Waals surface area contributed by atoms with Crippen molar-refractivity contribution in [1.82, 2.24) is 0 Å². The molecule has 0 bridgehead atoms. The number of halogens is 1. The topological polar surface area (TPSA) is 0 Å². The van der Waals surface area contributed by atoms with E-state index in [1.807, 2.05) is 0 Å². The molecular weight excluding hydrogens is 343 g/mol. The third-order valence-electron chi connectivity index (χ3n) is 3.36. The number of hydrogen-bond donors (Lipinski definition) is 0. The van der Waals surface area contributed by atoms with Crippen molar-refractivity contribution in [2.75, 3.05) is 4.43 Å². The Balaban J connectivity index is 3.09. The molecule has 0 rings (SSSR count). The molecule has 0 aromatic rings. The summed E-state index contributed by atoms with van der Waals surface area (Å²) in [7, 11) is 0. The molecule has 112 valence electrons. The minimum Gasteiger partial charge on any atom is -0.0864 e. The van der Waals surface area contributed by atoms with Crippen molar-refractivity contribution in [3.63, 3.8) is 0 Å². The van der Waals surface area contributed by atoms with Gasteiger partial charge in [-0.05, 0) is 30.1 Å². The Hall–Kier alpha value is 0.210. The average Bonchev–Trinajstić information content (AvgIpc) is 2.43. The van der Waals surface area contributed by atoms with Crippen LogP contribution in [0.25, 0.3) is 0 Å². The van der Waals surface area contributed by atoms with Gasteiger partial charge in [-0.15, -0.1) is 0 Å². The fraction of sp³-hybridized carbons (Fsp3) is 0.778. The lowest BCUT2D eigenvalue weighted by atomic mass is 10.1. The number of unbranched alkanes of at least 4 members (excludes halogenated alkanes) is 10. The average molecular weight is 376 g/mol. The maximum Gasteiger partial charge on any atom is -0.000473 e. The zero-order valence-electron chi connectivity index (χ0n) is 12.9. The number of alkyl halides is 1. The molecule has 0 heterocycles. The molecule has 0 fully saturated rings. The Bertz CT molecular complexity index is 206. The second kappa shape index (κ2) is 18.2. The molecule has 0 N–H and O–H groups in total. The van der Waals surface area contributed by atoms with E-state index in [1.54, 1.807) is 0 Å². The van der Waals surface area contributed by atoms with Crippen LogP contribution < -0.4 is 0 Å². The second-order valence-electron chi connectivity index (χ2n) is 5.30. The zero-order chi connectivity index (χ0) is 14.0. The first kappa shape index (κ1) is 19.2. The summed E-state index contributed by atoms with van der Waals surface area (Å²) < 4.78 is 1.33. The van der Waals surface area contributed by atoms with E-state index in [0.29, 0.717) is 0 Å². The molecule has 0 aromatic heterocycles. The van der Waals surface area contributed by atoms with Gasteiger partial charge in [-0.25, -0.2) is 0 Å². The molecule has 0 aliphatic rings. The van der Waals surface area contributed by atoms with Gasteiger partial charge < -0.3 is 0 Å². The molecule has 0 atom stereocenters. The SMILES string of the molecule is CCCCC=CC=CCCCCCCCCCCI. The van der Waals surface area contributed by atoms with Crippen LogP contribution in [-0.4, -0.2) is 4.43 Å². The van der Waals surface area contributed by atoms with Crippen LogP contribution in [0.3, 0.4) is 0 Å². The van der Waals surface area contributed by atoms with E-state index in [-0.39, 0.29) is 0 Å². The van der Waals surface area contributed by atoms with Crippen LogP contribution in [0.1, 0.15) is 84.0 Å². The smallest absolute Gasteiger partial charge is 0.000473 e. The van der Waals surface area contributed by atoms with Crippen LogP contribution in [0.5, 0.6) is 0 Å². The van der Waals surface area contributed by atoms with Crippen molar-refractivity contribution < 1.29 is 0 Å². The maximum atomic E-state index is 2.48. The predicted octanol–water partition coefficient (Wildman–Crippen LogP) is 7.23. The Kier molecular flexibility index (Phi) is 18.4. The number of hydrogen-bond acceptors (Lipinski definition) is 0. The summed E-state index contributed by atoms with van der Waals surface area (Å²) in [6.45, 7) is 2.24. The van der Waals surface area contributed by atoms with E-state index in [1.165, 1.54) is 81.5 Å². The van der Waals surface area contributed by atoms with Gasteiger partial charge in [0.05, 0.1) is 0 Å². The Morgan fingerprint density at radius 3 is 1.63 bits per heavy atom. The molecule has 0 nitrogen and oxygen atoms in total.